The predicted molar refractivity (Wildman–Crippen MR) is 81.2 cm³/mol. The van der Waals surface area contributed by atoms with Gasteiger partial charge < -0.3 is 9.80 Å². The molecule has 1 fully saturated rings. The van der Waals surface area contributed by atoms with Crippen molar-refractivity contribution in [3.63, 3.8) is 0 Å². The molecule has 0 aromatic carbocycles. The number of likely N-dealkylation sites (N-methyl/N-ethyl adjacent to an activating group) is 1. The van der Waals surface area contributed by atoms with Gasteiger partial charge in [-0.2, -0.15) is 0 Å². The van der Waals surface area contributed by atoms with Gasteiger partial charge in [0, 0.05) is 31.0 Å². The summed E-state index contributed by atoms with van der Waals surface area (Å²) in [5.74, 6) is 0.00431. The van der Waals surface area contributed by atoms with E-state index in [4.69, 9.17) is 11.6 Å². The Morgan fingerprint density at radius 3 is 2.90 bits per heavy atom. The summed E-state index contributed by atoms with van der Waals surface area (Å²) in [6.45, 7) is 6.72. The summed E-state index contributed by atoms with van der Waals surface area (Å²) in [6, 6.07) is 1.99. The van der Waals surface area contributed by atoms with E-state index in [0.717, 1.165) is 38.2 Å². The van der Waals surface area contributed by atoms with E-state index in [1.54, 1.807) is 12.3 Å². The Morgan fingerprint density at radius 2 is 2.25 bits per heavy atom. The van der Waals surface area contributed by atoms with Crippen LogP contribution in [-0.2, 0) is 0 Å². The third kappa shape index (κ3) is 3.30. The van der Waals surface area contributed by atoms with Gasteiger partial charge in [-0.05, 0) is 39.4 Å². The fourth-order valence-corrected chi connectivity index (χ4v) is 2.99. The van der Waals surface area contributed by atoms with Crippen molar-refractivity contribution in [2.75, 3.05) is 26.7 Å². The topological polar surface area (TPSA) is 36.4 Å². The molecule has 1 saturated heterocycles. The molecule has 0 radical (unpaired) electrons. The lowest BCUT2D eigenvalue weighted by molar-refractivity contribution is 0.0675. The van der Waals surface area contributed by atoms with Crippen molar-refractivity contribution < 1.29 is 4.79 Å². The number of carbonyl (C=O) groups excluding carboxylic acids is 1. The van der Waals surface area contributed by atoms with E-state index in [0.29, 0.717) is 10.6 Å². The Labute approximate surface area is 125 Å². The largest absolute Gasteiger partial charge is 0.334 e. The summed E-state index contributed by atoms with van der Waals surface area (Å²) >= 11 is 6.21. The molecular formula is C15H22ClN3O. The minimum absolute atomic E-state index is 0.00431. The van der Waals surface area contributed by atoms with Crippen LogP contribution in [0.2, 0.25) is 5.02 Å². The summed E-state index contributed by atoms with van der Waals surface area (Å²) in [5.41, 5.74) is 1.34. The molecule has 0 N–H and O–H groups in total. The van der Waals surface area contributed by atoms with Gasteiger partial charge >= 0.3 is 0 Å². The molecule has 1 atom stereocenters. The zero-order chi connectivity index (χ0) is 14.7. The molecule has 1 unspecified atom stereocenters. The number of rotatable bonds is 2. The lowest BCUT2D eigenvalue weighted by atomic mass is 10.1. The second kappa shape index (κ2) is 6.55. The fraction of sp³-hybridized carbons (Fsp3) is 0.600. The van der Waals surface area contributed by atoms with E-state index < -0.39 is 0 Å². The molecule has 4 nitrogen and oxygen atoms in total. The Kier molecular flexibility index (Phi) is 5.00. The zero-order valence-corrected chi connectivity index (χ0v) is 13.2. The van der Waals surface area contributed by atoms with Crippen LogP contribution in [0.3, 0.4) is 0 Å². The van der Waals surface area contributed by atoms with Crippen LogP contribution in [0, 0.1) is 6.92 Å². The standard InChI is InChI=1S/C15H22ClN3O/c1-4-12-10-18(3)6-5-7-19(12)15(20)13-9-17-11(2)8-14(13)16/h8-9,12H,4-7,10H2,1-3H3. The summed E-state index contributed by atoms with van der Waals surface area (Å²) in [5, 5.41) is 0.495. The fourth-order valence-electron chi connectivity index (χ4n) is 2.70. The summed E-state index contributed by atoms with van der Waals surface area (Å²) in [7, 11) is 2.11. The van der Waals surface area contributed by atoms with E-state index >= 15 is 0 Å². The highest BCUT2D eigenvalue weighted by Crippen LogP contribution is 2.21. The molecule has 1 aliphatic heterocycles. The van der Waals surface area contributed by atoms with Gasteiger partial charge in [0.05, 0.1) is 10.6 Å². The average Bonchev–Trinajstić information content (AvgIpc) is 2.59. The summed E-state index contributed by atoms with van der Waals surface area (Å²) in [6.07, 6.45) is 3.55. The van der Waals surface area contributed by atoms with Gasteiger partial charge in [0.2, 0.25) is 0 Å². The third-order valence-corrected chi connectivity index (χ3v) is 4.17. The van der Waals surface area contributed by atoms with Crippen LogP contribution in [0.1, 0.15) is 35.8 Å². The quantitative estimate of drug-likeness (QED) is 0.841. The number of aromatic nitrogens is 1. The molecule has 1 aromatic rings. The monoisotopic (exact) mass is 295 g/mol. The van der Waals surface area contributed by atoms with Crippen molar-refractivity contribution in [3.8, 4) is 0 Å². The van der Waals surface area contributed by atoms with E-state index in [9.17, 15) is 4.79 Å². The molecular weight excluding hydrogens is 274 g/mol. The number of amides is 1. The van der Waals surface area contributed by atoms with Crippen LogP contribution in [-0.4, -0.2) is 53.4 Å². The minimum atomic E-state index is 0.00431. The van der Waals surface area contributed by atoms with Gasteiger partial charge in [-0.1, -0.05) is 18.5 Å². The molecule has 2 rings (SSSR count). The molecule has 5 heteroatoms. The smallest absolute Gasteiger partial charge is 0.257 e. The van der Waals surface area contributed by atoms with Gasteiger partial charge in [-0.25, -0.2) is 0 Å². The van der Waals surface area contributed by atoms with Gasteiger partial charge in [-0.15, -0.1) is 0 Å². The van der Waals surface area contributed by atoms with E-state index in [2.05, 4.69) is 23.9 Å². The van der Waals surface area contributed by atoms with Crippen molar-refractivity contribution in [2.24, 2.45) is 0 Å². The van der Waals surface area contributed by atoms with Crippen molar-refractivity contribution in [2.45, 2.75) is 32.7 Å². The van der Waals surface area contributed by atoms with Crippen LogP contribution < -0.4 is 0 Å². The van der Waals surface area contributed by atoms with Crippen LogP contribution in [0.15, 0.2) is 12.3 Å². The summed E-state index contributed by atoms with van der Waals surface area (Å²) < 4.78 is 0. The first-order valence-electron chi connectivity index (χ1n) is 7.14. The van der Waals surface area contributed by atoms with Crippen molar-refractivity contribution in [1.82, 2.24) is 14.8 Å². The second-order valence-corrected chi connectivity index (χ2v) is 5.89. The van der Waals surface area contributed by atoms with Crippen molar-refractivity contribution >= 4 is 17.5 Å². The third-order valence-electron chi connectivity index (χ3n) is 3.85. The average molecular weight is 296 g/mol. The predicted octanol–water partition coefficient (Wildman–Crippen LogP) is 2.60. The van der Waals surface area contributed by atoms with E-state index in [-0.39, 0.29) is 11.9 Å². The maximum atomic E-state index is 12.7. The Hall–Kier alpha value is -1.13. The number of halogens is 1. The molecule has 0 saturated carbocycles. The molecule has 1 aliphatic rings. The van der Waals surface area contributed by atoms with Crippen molar-refractivity contribution in [3.05, 3.63) is 28.5 Å². The first-order valence-corrected chi connectivity index (χ1v) is 7.52. The number of aryl methyl sites for hydroxylation is 1. The maximum absolute atomic E-state index is 12.7. The second-order valence-electron chi connectivity index (χ2n) is 5.48. The molecule has 110 valence electrons. The Balaban J connectivity index is 2.25. The zero-order valence-electron chi connectivity index (χ0n) is 12.4. The highest BCUT2D eigenvalue weighted by Gasteiger charge is 2.28. The molecule has 20 heavy (non-hydrogen) atoms. The number of hydrogen-bond donors (Lipinski definition) is 0. The SMILES string of the molecule is CCC1CN(C)CCCN1C(=O)c1cnc(C)cc1Cl. The van der Waals surface area contributed by atoms with E-state index in [1.807, 2.05) is 11.8 Å². The molecule has 0 spiro atoms. The Bertz CT molecular complexity index is 492. The highest BCUT2D eigenvalue weighted by atomic mass is 35.5. The molecule has 2 heterocycles. The minimum Gasteiger partial charge on any atom is -0.334 e. The maximum Gasteiger partial charge on any atom is 0.257 e. The van der Waals surface area contributed by atoms with Crippen LogP contribution in [0.25, 0.3) is 0 Å². The lowest BCUT2D eigenvalue weighted by Crippen LogP contribution is -2.43. The molecule has 0 aliphatic carbocycles. The van der Waals surface area contributed by atoms with Gasteiger partial charge in [0.1, 0.15) is 0 Å². The number of carbonyl (C=O) groups is 1. The van der Waals surface area contributed by atoms with Gasteiger partial charge in [0.25, 0.3) is 5.91 Å². The first-order chi connectivity index (χ1) is 9.52. The molecule has 1 amide bonds. The molecule has 0 bridgehead atoms. The van der Waals surface area contributed by atoms with E-state index in [1.165, 1.54) is 0 Å². The van der Waals surface area contributed by atoms with Gasteiger partial charge in [0.15, 0.2) is 0 Å². The Morgan fingerprint density at radius 1 is 1.50 bits per heavy atom. The number of nitrogens with zero attached hydrogens (tertiary/aromatic N) is 3. The van der Waals surface area contributed by atoms with Crippen molar-refractivity contribution in [1.29, 1.82) is 0 Å². The van der Waals surface area contributed by atoms with Crippen LogP contribution in [0.5, 0.6) is 0 Å². The first kappa shape index (κ1) is 15.3. The van der Waals surface area contributed by atoms with Crippen LogP contribution >= 0.6 is 11.6 Å². The number of pyridine rings is 1. The molecule has 1 aromatic heterocycles. The highest BCUT2D eigenvalue weighted by molar-refractivity contribution is 6.33. The summed E-state index contributed by atoms with van der Waals surface area (Å²) in [4.78, 5) is 21.2. The normalized spacial score (nSPS) is 20.8. The van der Waals surface area contributed by atoms with Gasteiger partial charge in [-0.3, -0.25) is 9.78 Å². The lowest BCUT2D eigenvalue weighted by Gasteiger charge is -2.30. The number of hydrogen-bond acceptors (Lipinski definition) is 3. The van der Waals surface area contributed by atoms with Crippen LogP contribution in [0.4, 0.5) is 0 Å².